The molecule has 1 rings (SSSR count). The molecule has 0 saturated carbocycles. The zero-order chi connectivity index (χ0) is 13.6. The predicted molar refractivity (Wildman–Crippen MR) is 79.5 cm³/mol. The van der Waals surface area contributed by atoms with Crippen LogP contribution in [0.25, 0.3) is 0 Å². The molecule has 0 heterocycles. The monoisotopic (exact) mass is 250 g/mol. The molecule has 0 amide bonds. The van der Waals surface area contributed by atoms with Crippen LogP contribution in [0, 0.1) is 0 Å². The molecule has 0 radical (unpaired) electrons. The Hall–Kier alpha value is -1.22. The van der Waals surface area contributed by atoms with Crippen LogP contribution in [-0.2, 0) is 5.41 Å². The average molecular weight is 250 g/mol. The summed E-state index contributed by atoms with van der Waals surface area (Å²) in [5, 5.41) is 15.4. The minimum Gasteiger partial charge on any atom is -0.396 e. The number of unbranched alkanes of at least 4 members (excludes halogenated alkanes) is 1. The van der Waals surface area contributed by atoms with Crippen LogP contribution < -0.4 is 10.6 Å². The molecule has 1 aromatic rings. The van der Waals surface area contributed by atoms with Gasteiger partial charge in [0.25, 0.3) is 0 Å². The third-order valence-corrected chi connectivity index (χ3v) is 3.01. The van der Waals surface area contributed by atoms with Gasteiger partial charge in [0, 0.05) is 31.6 Å². The lowest BCUT2D eigenvalue weighted by atomic mass is 9.85. The van der Waals surface area contributed by atoms with Gasteiger partial charge in [0.1, 0.15) is 0 Å². The van der Waals surface area contributed by atoms with Crippen LogP contribution in [0.4, 0.5) is 11.4 Å². The molecule has 0 aromatic heterocycles. The third-order valence-electron chi connectivity index (χ3n) is 3.01. The van der Waals surface area contributed by atoms with E-state index in [1.165, 1.54) is 11.3 Å². The molecule has 0 unspecified atom stereocenters. The van der Waals surface area contributed by atoms with E-state index in [0.717, 1.165) is 25.1 Å². The highest BCUT2D eigenvalue weighted by Gasteiger charge is 2.17. The van der Waals surface area contributed by atoms with Gasteiger partial charge >= 0.3 is 0 Å². The number of hydrogen-bond acceptors (Lipinski definition) is 3. The summed E-state index contributed by atoms with van der Waals surface area (Å²) in [5.74, 6) is 0. The number of rotatable bonds is 6. The highest BCUT2D eigenvalue weighted by molar-refractivity contribution is 5.63. The highest BCUT2D eigenvalue weighted by Crippen LogP contribution is 2.31. The number of benzene rings is 1. The summed E-state index contributed by atoms with van der Waals surface area (Å²) in [7, 11) is 1.96. The first-order valence-electron chi connectivity index (χ1n) is 6.66. The van der Waals surface area contributed by atoms with Gasteiger partial charge in [-0.3, -0.25) is 0 Å². The smallest absolute Gasteiger partial charge is 0.0431 e. The SMILES string of the molecule is CNc1cc(NCCCCO)ccc1C(C)(C)C. The van der Waals surface area contributed by atoms with Gasteiger partial charge < -0.3 is 15.7 Å². The molecule has 0 aliphatic rings. The van der Waals surface area contributed by atoms with E-state index in [-0.39, 0.29) is 12.0 Å². The maximum Gasteiger partial charge on any atom is 0.0431 e. The van der Waals surface area contributed by atoms with Crippen LogP contribution in [0.15, 0.2) is 18.2 Å². The van der Waals surface area contributed by atoms with E-state index in [9.17, 15) is 0 Å². The van der Waals surface area contributed by atoms with Crippen molar-refractivity contribution in [3.05, 3.63) is 23.8 Å². The largest absolute Gasteiger partial charge is 0.396 e. The maximum absolute atomic E-state index is 8.73. The zero-order valence-corrected chi connectivity index (χ0v) is 12.0. The first-order valence-corrected chi connectivity index (χ1v) is 6.66. The topological polar surface area (TPSA) is 44.3 Å². The first-order chi connectivity index (χ1) is 8.49. The lowest BCUT2D eigenvalue weighted by Gasteiger charge is -2.23. The Kier molecular flexibility index (Phi) is 5.48. The van der Waals surface area contributed by atoms with Crippen molar-refractivity contribution in [3.63, 3.8) is 0 Å². The molecule has 3 N–H and O–H groups in total. The second kappa shape index (κ2) is 6.64. The highest BCUT2D eigenvalue weighted by atomic mass is 16.2. The molecule has 0 spiro atoms. The molecule has 0 atom stereocenters. The van der Waals surface area contributed by atoms with Gasteiger partial charge in [-0.1, -0.05) is 26.8 Å². The van der Waals surface area contributed by atoms with Crippen molar-refractivity contribution in [2.45, 2.75) is 39.0 Å². The van der Waals surface area contributed by atoms with E-state index in [4.69, 9.17) is 5.11 Å². The number of anilines is 2. The molecule has 0 aliphatic heterocycles. The number of aliphatic hydroxyl groups is 1. The molecule has 1 aromatic carbocycles. The Labute approximate surface area is 111 Å². The Morgan fingerprint density at radius 3 is 2.44 bits per heavy atom. The number of nitrogens with one attached hydrogen (secondary N) is 2. The van der Waals surface area contributed by atoms with E-state index < -0.39 is 0 Å². The summed E-state index contributed by atoms with van der Waals surface area (Å²) in [4.78, 5) is 0. The first kappa shape index (κ1) is 14.8. The second-order valence-corrected chi connectivity index (χ2v) is 5.62. The molecule has 0 fully saturated rings. The average Bonchev–Trinajstić information content (AvgIpc) is 2.33. The van der Waals surface area contributed by atoms with Gasteiger partial charge in [0.2, 0.25) is 0 Å². The van der Waals surface area contributed by atoms with E-state index >= 15 is 0 Å². The fraction of sp³-hybridized carbons (Fsp3) is 0.600. The van der Waals surface area contributed by atoms with Crippen molar-refractivity contribution in [2.75, 3.05) is 30.8 Å². The van der Waals surface area contributed by atoms with Crippen molar-refractivity contribution in [2.24, 2.45) is 0 Å². The molecule has 102 valence electrons. The summed E-state index contributed by atoms with van der Waals surface area (Å²) in [6.45, 7) is 7.83. The Bertz CT molecular complexity index is 369. The van der Waals surface area contributed by atoms with Crippen LogP contribution in [0.5, 0.6) is 0 Å². The van der Waals surface area contributed by atoms with Gasteiger partial charge in [-0.15, -0.1) is 0 Å². The predicted octanol–water partition coefficient (Wildman–Crippen LogP) is 3.21. The van der Waals surface area contributed by atoms with Crippen molar-refractivity contribution >= 4 is 11.4 Å². The lowest BCUT2D eigenvalue weighted by Crippen LogP contribution is -2.14. The summed E-state index contributed by atoms with van der Waals surface area (Å²) in [6.07, 6.45) is 1.85. The summed E-state index contributed by atoms with van der Waals surface area (Å²) in [6, 6.07) is 6.46. The fourth-order valence-corrected chi connectivity index (χ4v) is 1.98. The van der Waals surface area contributed by atoms with Crippen LogP contribution in [0.1, 0.15) is 39.2 Å². The van der Waals surface area contributed by atoms with Crippen molar-refractivity contribution in [1.29, 1.82) is 0 Å². The Morgan fingerprint density at radius 2 is 1.89 bits per heavy atom. The molecular weight excluding hydrogens is 224 g/mol. The third kappa shape index (κ3) is 4.22. The van der Waals surface area contributed by atoms with Crippen LogP contribution in [0.3, 0.4) is 0 Å². The minimum atomic E-state index is 0.147. The number of aliphatic hydroxyl groups excluding tert-OH is 1. The summed E-state index contributed by atoms with van der Waals surface area (Å²) < 4.78 is 0. The van der Waals surface area contributed by atoms with Crippen LogP contribution in [0.2, 0.25) is 0 Å². The van der Waals surface area contributed by atoms with E-state index in [1.807, 2.05) is 7.05 Å². The van der Waals surface area contributed by atoms with Crippen molar-refractivity contribution < 1.29 is 5.11 Å². The Balaban J connectivity index is 2.73. The van der Waals surface area contributed by atoms with Gasteiger partial charge in [0.15, 0.2) is 0 Å². The van der Waals surface area contributed by atoms with Crippen molar-refractivity contribution in [1.82, 2.24) is 0 Å². The molecular formula is C15H26N2O. The number of hydrogen-bond donors (Lipinski definition) is 3. The van der Waals surface area contributed by atoms with Gasteiger partial charge in [-0.25, -0.2) is 0 Å². The molecule has 3 nitrogen and oxygen atoms in total. The minimum absolute atomic E-state index is 0.147. The molecule has 18 heavy (non-hydrogen) atoms. The van der Waals surface area contributed by atoms with Crippen molar-refractivity contribution in [3.8, 4) is 0 Å². The maximum atomic E-state index is 8.73. The van der Waals surface area contributed by atoms with Gasteiger partial charge in [-0.2, -0.15) is 0 Å². The molecule has 0 aliphatic carbocycles. The van der Waals surface area contributed by atoms with Crippen LogP contribution in [-0.4, -0.2) is 25.3 Å². The lowest BCUT2D eigenvalue weighted by molar-refractivity contribution is 0.286. The van der Waals surface area contributed by atoms with E-state index in [1.54, 1.807) is 0 Å². The molecule has 3 heteroatoms. The van der Waals surface area contributed by atoms with E-state index in [0.29, 0.717) is 0 Å². The van der Waals surface area contributed by atoms with Gasteiger partial charge in [0.05, 0.1) is 0 Å². The Morgan fingerprint density at radius 1 is 1.17 bits per heavy atom. The van der Waals surface area contributed by atoms with E-state index in [2.05, 4.69) is 49.6 Å². The second-order valence-electron chi connectivity index (χ2n) is 5.62. The normalized spacial score (nSPS) is 11.4. The summed E-state index contributed by atoms with van der Waals surface area (Å²) >= 11 is 0. The van der Waals surface area contributed by atoms with Crippen LogP contribution >= 0.6 is 0 Å². The quantitative estimate of drug-likeness (QED) is 0.679. The zero-order valence-electron chi connectivity index (χ0n) is 12.0. The van der Waals surface area contributed by atoms with Gasteiger partial charge in [-0.05, 0) is 36.0 Å². The fourth-order valence-electron chi connectivity index (χ4n) is 1.98. The molecule has 0 saturated heterocycles. The molecule has 0 bridgehead atoms. The standard InChI is InChI=1S/C15H26N2O/c1-15(2,3)13-8-7-12(11-14(13)16-4)17-9-5-6-10-18/h7-8,11,16-18H,5-6,9-10H2,1-4H3. The summed E-state index contributed by atoms with van der Waals surface area (Å²) in [5.41, 5.74) is 3.78.